The third-order valence-electron chi connectivity index (χ3n) is 7.63. The molecule has 3 aromatic carbocycles. The van der Waals surface area contributed by atoms with E-state index < -0.39 is 0 Å². The number of nitrogens with zero attached hydrogens (tertiary/aromatic N) is 4. The van der Waals surface area contributed by atoms with Gasteiger partial charge in [0.15, 0.2) is 0 Å². The fourth-order valence-electron chi connectivity index (χ4n) is 5.23. The van der Waals surface area contributed by atoms with E-state index in [-0.39, 0.29) is 23.3 Å². The number of benzene rings is 3. The molecule has 1 aliphatic rings. The lowest BCUT2D eigenvalue weighted by atomic mass is 9.84. The van der Waals surface area contributed by atoms with E-state index in [0.717, 1.165) is 22.5 Å². The zero-order chi connectivity index (χ0) is 28.8. The number of carbonyl (C=O) groups excluding carboxylic acids is 2. The number of tetrazole rings is 1. The maximum atomic E-state index is 13.7. The quantitative estimate of drug-likeness (QED) is 0.228. The van der Waals surface area contributed by atoms with Gasteiger partial charge in [-0.25, -0.2) is 4.79 Å². The van der Waals surface area contributed by atoms with Crippen molar-refractivity contribution in [3.8, 4) is 0 Å². The van der Waals surface area contributed by atoms with E-state index in [1.807, 2.05) is 42.5 Å². The Kier molecular flexibility index (Phi) is 8.42. The summed E-state index contributed by atoms with van der Waals surface area (Å²) in [5, 5.41) is 18.9. The minimum Gasteiger partial charge on any atom is -0.308 e. The largest absolute Gasteiger partial charge is 0.326 e. The molecule has 1 saturated carbocycles. The maximum absolute atomic E-state index is 13.7. The molecule has 41 heavy (non-hydrogen) atoms. The number of hydrogen-bond donors (Lipinski definition) is 3. The third-order valence-corrected chi connectivity index (χ3v) is 7.63. The van der Waals surface area contributed by atoms with E-state index >= 15 is 0 Å². The molecule has 1 heterocycles. The van der Waals surface area contributed by atoms with Crippen LogP contribution in [0.5, 0.6) is 0 Å². The zero-order valence-electron chi connectivity index (χ0n) is 23.9. The molecule has 0 atom stereocenters. The molecular formula is C32H37N7O2. The van der Waals surface area contributed by atoms with E-state index in [4.69, 9.17) is 0 Å². The van der Waals surface area contributed by atoms with Gasteiger partial charge in [-0.15, -0.1) is 5.10 Å². The lowest BCUT2D eigenvalue weighted by Crippen LogP contribution is -2.34. The van der Waals surface area contributed by atoms with Gasteiger partial charge in [0.25, 0.3) is 11.9 Å². The highest BCUT2D eigenvalue weighted by atomic mass is 16.2. The van der Waals surface area contributed by atoms with Crippen molar-refractivity contribution >= 4 is 29.3 Å². The van der Waals surface area contributed by atoms with Crippen LogP contribution in [-0.4, -0.2) is 32.6 Å². The van der Waals surface area contributed by atoms with E-state index in [1.165, 1.54) is 37.7 Å². The Morgan fingerprint density at radius 3 is 2.32 bits per heavy atom. The van der Waals surface area contributed by atoms with Crippen molar-refractivity contribution in [2.24, 2.45) is 0 Å². The van der Waals surface area contributed by atoms with Gasteiger partial charge in [0.1, 0.15) is 0 Å². The monoisotopic (exact) mass is 551 g/mol. The van der Waals surface area contributed by atoms with Gasteiger partial charge < -0.3 is 5.32 Å². The second-order valence-electron chi connectivity index (χ2n) is 11.7. The van der Waals surface area contributed by atoms with Gasteiger partial charge in [0.2, 0.25) is 0 Å². The van der Waals surface area contributed by atoms with Crippen LogP contribution < -0.4 is 15.5 Å². The summed E-state index contributed by atoms with van der Waals surface area (Å²) in [5.74, 6) is 0.352. The minimum absolute atomic E-state index is 0.0346. The first-order valence-corrected chi connectivity index (χ1v) is 14.2. The number of nitrogens with one attached hydrogen (secondary N) is 3. The van der Waals surface area contributed by atoms with Crippen molar-refractivity contribution < 1.29 is 9.59 Å². The van der Waals surface area contributed by atoms with Gasteiger partial charge in [-0.1, -0.05) is 81.5 Å². The number of aromatic nitrogens is 4. The standard InChI is InChI=1S/C32H37N7O2/c1-32(2,3)26-10-7-11-27(20-26)33-31(41)39(28-18-16-24(17-19-28)23-8-5-4-6-9-23)21-22-12-14-25(15-13-22)29(40)34-30-35-37-38-36-30/h7,10-20,23H,4-6,8-9,21H2,1-3H3,(H,33,41)(H2,34,35,36,37,38,40). The number of urea groups is 1. The SMILES string of the molecule is CC(C)(C)c1cccc(NC(=O)N(Cc2ccc(C(=O)Nc3nn[nH]n3)cc2)c2ccc(C3CCCCC3)cc2)c1. The van der Waals surface area contributed by atoms with Crippen molar-refractivity contribution in [1.82, 2.24) is 20.6 Å². The summed E-state index contributed by atoms with van der Waals surface area (Å²) in [5.41, 5.74) is 5.35. The van der Waals surface area contributed by atoms with Crippen LogP contribution in [0.1, 0.15) is 85.8 Å². The predicted molar refractivity (Wildman–Crippen MR) is 161 cm³/mol. The van der Waals surface area contributed by atoms with Gasteiger partial charge >= 0.3 is 6.03 Å². The van der Waals surface area contributed by atoms with Gasteiger partial charge in [0, 0.05) is 16.9 Å². The summed E-state index contributed by atoms with van der Waals surface area (Å²) in [6.07, 6.45) is 6.31. The van der Waals surface area contributed by atoms with Crippen LogP contribution in [0.15, 0.2) is 72.8 Å². The smallest absolute Gasteiger partial charge is 0.308 e. The molecule has 3 amide bonds. The highest BCUT2D eigenvalue weighted by molar-refractivity contribution is 6.03. The van der Waals surface area contributed by atoms with Crippen LogP contribution in [0.25, 0.3) is 0 Å². The topological polar surface area (TPSA) is 116 Å². The Hall–Kier alpha value is -4.53. The second-order valence-corrected chi connectivity index (χ2v) is 11.7. The molecule has 1 fully saturated rings. The number of anilines is 3. The number of carbonyl (C=O) groups is 2. The van der Waals surface area contributed by atoms with E-state index in [9.17, 15) is 9.59 Å². The molecule has 5 rings (SSSR count). The Morgan fingerprint density at radius 2 is 1.66 bits per heavy atom. The van der Waals surface area contributed by atoms with Crippen molar-refractivity contribution in [1.29, 1.82) is 0 Å². The Balaban J connectivity index is 1.36. The Morgan fingerprint density at radius 1 is 0.927 bits per heavy atom. The number of hydrogen-bond acceptors (Lipinski definition) is 5. The predicted octanol–water partition coefficient (Wildman–Crippen LogP) is 7.04. The first-order valence-electron chi connectivity index (χ1n) is 14.2. The summed E-state index contributed by atoms with van der Waals surface area (Å²) in [7, 11) is 0. The molecule has 0 aliphatic heterocycles. The van der Waals surface area contributed by atoms with E-state index in [1.54, 1.807) is 17.0 Å². The van der Waals surface area contributed by atoms with Crippen LogP contribution in [0, 0.1) is 0 Å². The first kappa shape index (κ1) is 28.0. The van der Waals surface area contributed by atoms with E-state index in [2.05, 4.69) is 70.2 Å². The third kappa shape index (κ3) is 7.16. The highest BCUT2D eigenvalue weighted by Gasteiger charge is 2.21. The molecule has 9 heteroatoms. The summed E-state index contributed by atoms with van der Waals surface area (Å²) >= 11 is 0. The van der Waals surface area contributed by atoms with Crippen molar-refractivity contribution in [3.63, 3.8) is 0 Å². The van der Waals surface area contributed by atoms with Gasteiger partial charge in [-0.2, -0.15) is 5.21 Å². The summed E-state index contributed by atoms with van der Waals surface area (Å²) in [6.45, 7) is 6.79. The molecular weight excluding hydrogens is 514 g/mol. The molecule has 1 aromatic heterocycles. The molecule has 212 valence electrons. The van der Waals surface area contributed by atoms with Crippen LogP contribution >= 0.6 is 0 Å². The van der Waals surface area contributed by atoms with Crippen molar-refractivity contribution in [2.75, 3.05) is 15.5 Å². The minimum atomic E-state index is -0.343. The molecule has 0 radical (unpaired) electrons. The molecule has 4 aromatic rings. The van der Waals surface area contributed by atoms with Crippen LogP contribution in [0.2, 0.25) is 0 Å². The Bertz CT molecular complexity index is 1450. The molecule has 3 N–H and O–H groups in total. The van der Waals surface area contributed by atoms with E-state index in [0.29, 0.717) is 18.0 Å². The lowest BCUT2D eigenvalue weighted by molar-refractivity contribution is 0.102. The molecule has 0 spiro atoms. The lowest BCUT2D eigenvalue weighted by Gasteiger charge is -2.26. The van der Waals surface area contributed by atoms with Gasteiger partial charge in [-0.3, -0.25) is 15.0 Å². The summed E-state index contributed by atoms with van der Waals surface area (Å²) < 4.78 is 0. The maximum Gasteiger partial charge on any atom is 0.326 e. The van der Waals surface area contributed by atoms with Crippen LogP contribution in [0.3, 0.4) is 0 Å². The molecule has 0 saturated heterocycles. The first-order chi connectivity index (χ1) is 19.8. The normalized spacial score (nSPS) is 13.9. The van der Waals surface area contributed by atoms with Crippen LogP contribution in [0.4, 0.5) is 22.1 Å². The summed E-state index contributed by atoms with van der Waals surface area (Å²) in [4.78, 5) is 28.0. The highest BCUT2D eigenvalue weighted by Crippen LogP contribution is 2.34. The number of H-pyrrole nitrogens is 1. The Labute approximate surface area is 240 Å². The van der Waals surface area contributed by atoms with Crippen LogP contribution in [-0.2, 0) is 12.0 Å². The number of rotatable bonds is 7. The molecule has 1 aliphatic carbocycles. The fourth-order valence-corrected chi connectivity index (χ4v) is 5.23. The van der Waals surface area contributed by atoms with Gasteiger partial charge in [0.05, 0.1) is 6.54 Å². The second kappa shape index (κ2) is 12.3. The molecule has 0 unspecified atom stereocenters. The zero-order valence-corrected chi connectivity index (χ0v) is 23.9. The average Bonchev–Trinajstić information content (AvgIpc) is 3.49. The van der Waals surface area contributed by atoms with Gasteiger partial charge in [-0.05, 0) is 82.5 Å². The summed E-state index contributed by atoms with van der Waals surface area (Å²) in [6, 6.07) is 23.3. The van der Waals surface area contributed by atoms with Crippen molar-refractivity contribution in [2.45, 2.75) is 70.8 Å². The fraction of sp³-hybridized carbons (Fsp3) is 0.344. The van der Waals surface area contributed by atoms with Crippen molar-refractivity contribution in [3.05, 3.63) is 95.1 Å². The molecule has 9 nitrogen and oxygen atoms in total. The number of aromatic amines is 1. The average molecular weight is 552 g/mol. The number of amides is 3. The molecule has 0 bridgehead atoms.